The van der Waals surface area contributed by atoms with E-state index in [0.717, 1.165) is 21.6 Å². The number of benzene rings is 2. The van der Waals surface area contributed by atoms with Gasteiger partial charge in [-0.05, 0) is 28.6 Å². The van der Waals surface area contributed by atoms with E-state index in [1.807, 2.05) is 47.8 Å². The quantitative estimate of drug-likeness (QED) is 0.695. The number of phenols is 1. The molecule has 0 saturated carbocycles. The van der Waals surface area contributed by atoms with Crippen molar-refractivity contribution >= 4 is 11.3 Å². The first-order valence-electron chi connectivity index (χ1n) is 5.77. The Morgan fingerprint density at radius 1 is 0.778 bits per heavy atom. The Hall–Kier alpha value is -2.06. The Balaban J connectivity index is 2.25. The van der Waals surface area contributed by atoms with Gasteiger partial charge in [0.2, 0.25) is 0 Å². The van der Waals surface area contributed by atoms with Crippen LogP contribution in [0.5, 0.6) is 5.75 Å². The van der Waals surface area contributed by atoms with Gasteiger partial charge in [-0.1, -0.05) is 48.5 Å². The number of hydrogen-bond donors (Lipinski definition) is 1. The largest absolute Gasteiger partial charge is 0.507 e. The zero-order valence-electron chi connectivity index (χ0n) is 9.71. The first-order chi connectivity index (χ1) is 8.86. The van der Waals surface area contributed by atoms with Gasteiger partial charge in [-0.25, -0.2) is 0 Å². The average molecular weight is 252 g/mol. The summed E-state index contributed by atoms with van der Waals surface area (Å²) >= 11 is 1.64. The van der Waals surface area contributed by atoms with Crippen LogP contribution in [0.4, 0.5) is 0 Å². The fraction of sp³-hybridized carbons (Fsp3) is 0. The predicted molar refractivity (Wildman–Crippen MR) is 76.9 cm³/mol. The van der Waals surface area contributed by atoms with Crippen molar-refractivity contribution in [2.45, 2.75) is 0 Å². The van der Waals surface area contributed by atoms with Gasteiger partial charge in [-0.2, -0.15) is 0 Å². The van der Waals surface area contributed by atoms with E-state index in [-0.39, 0.29) is 0 Å². The van der Waals surface area contributed by atoms with E-state index in [9.17, 15) is 5.11 Å². The molecule has 0 aliphatic rings. The molecule has 3 aromatic rings. The fourth-order valence-corrected chi connectivity index (χ4v) is 2.87. The Bertz CT molecular complexity index is 642. The van der Waals surface area contributed by atoms with Crippen molar-refractivity contribution < 1.29 is 5.11 Å². The summed E-state index contributed by atoms with van der Waals surface area (Å²) in [5.74, 6) is 0.332. The van der Waals surface area contributed by atoms with Crippen LogP contribution in [0.2, 0.25) is 0 Å². The molecule has 1 heterocycles. The van der Waals surface area contributed by atoms with Gasteiger partial charge in [0.05, 0.1) is 0 Å². The van der Waals surface area contributed by atoms with Crippen molar-refractivity contribution in [3.05, 3.63) is 66.0 Å². The number of aromatic hydroxyl groups is 1. The summed E-state index contributed by atoms with van der Waals surface area (Å²) in [4.78, 5) is 1.09. The molecule has 0 fully saturated rings. The minimum atomic E-state index is 0.332. The Labute approximate surface area is 110 Å². The Morgan fingerprint density at radius 3 is 2.33 bits per heavy atom. The second kappa shape index (κ2) is 4.67. The molecule has 1 aromatic heterocycles. The van der Waals surface area contributed by atoms with Crippen LogP contribution in [-0.4, -0.2) is 5.11 Å². The molecular weight excluding hydrogens is 240 g/mol. The topological polar surface area (TPSA) is 20.2 Å². The van der Waals surface area contributed by atoms with E-state index in [0.29, 0.717) is 5.75 Å². The summed E-state index contributed by atoms with van der Waals surface area (Å²) in [6, 6.07) is 19.8. The van der Waals surface area contributed by atoms with E-state index in [1.165, 1.54) is 0 Å². The van der Waals surface area contributed by atoms with Gasteiger partial charge in [0.15, 0.2) is 0 Å². The van der Waals surface area contributed by atoms with Gasteiger partial charge in [-0.3, -0.25) is 0 Å². The monoisotopic (exact) mass is 252 g/mol. The van der Waals surface area contributed by atoms with Gasteiger partial charge in [-0.15, -0.1) is 11.3 Å². The smallest absolute Gasteiger partial charge is 0.124 e. The molecule has 3 rings (SSSR count). The summed E-state index contributed by atoms with van der Waals surface area (Å²) in [6.45, 7) is 0. The molecule has 1 N–H and O–H groups in total. The third kappa shape index (κ3) is 1.91. The van der Waals surface area contributed by atoms with Crippen molar-refractivity contribution in [1.29, 1.82) is 0 Å². The van der Waals surface area contributed by atoms with Gasteiger partial charge < -0.3 is 5.11 Å². The standard InChI is InChI=1S/C16H12OS/c17-14-9-4-8-13(12-6-2-1-3-7-12)16(14)15-10-5-11-18-15/h1-11,17H. The van der Waals surface area contributed by atoms with Crippen LogP contribution in [-0.2, 0) is 0 Å². The van der Waals surface area contributed by atoms with E-state index in [4.69, 9.17) is 0 Å². The van der Waals surface area contributed by atoms with Crippen LogP contribution in [0.25, 0.3) is 21.6 Å². The molecule has 0 bridgehead atoms. The molecule has 0 amide bonds. The first kappa shape index (κ1) is 11.1. The molecular formula is C16H12OS. The molecule has 0 spiro atoms. The first-order valence-corrected chi connectivity index (χ1v) is 6.65. The molecule has 0 radical (unpaired) electrons. The molecule has 2 aromatic carbocycles. The number of thiophene rings is 1. The van der Waals surface area contributed by atoms with Crippen LogP contribution >= 0.6 is 11.3 Å². The van der Waals surface area contributed by atoms with Crippen molar-refractivity contribution in [2.75, 3.05) is 0 Å². The second-order valence-electron chi connectivity index (χ2n) is 4.04. The predicted octanol–water partition coefficient (Wildman–Crippen LogP) is 4.79. The van der Waals surface area contributed by atoms with Gasteiger partial charge in [0, 0.05) is 10.4 Å². The van der Waals surface area contributed by atoms with Crippen LogP contribution < -0.4 is 0 Å². The zero-order valence-corrected chi connectivity index (χ0v) is 10.5. The van der Waals surface area contributed by atoms with Crippen molar-refractivity contribution in [1.82, 2.24) is 0 Å². The summed E-state index contributed by atoms with van der Waals surface area (Å²) in [5, 5.41) is 12.2. The summed E-state index contributed by atoms with van der Waals surface area (Å²) in [6.07, 6.45) is 0. The average Bonchev–Trinajstić information content (AvgIpc) is 2.93. The van der Waals surface area contributed by atoms with E-state index in [1.54, 1.807) is 17.4 Å². The highest BCUT2D eigenvalue weighted by molar-refractivity contribution is 7.13. The molecule has 2 heteroatoms. The maximum atomic E-state index is 10.1. The molecule has 0 atom stereocenters. The highest BCUT2D eigenvalue weighted by Crippen LogP contribution is 2.40. The maximum absolute atomic E-state index is 10.1. The summed E-state index contributed by atoms with van der Waals surface area (Å²) in [7, 11) is 0. The minimum absolute atomic E-state index is 0.332. The minimum Gasteiger partial charge on any atom is -0.507 e. The molecule has 18 heavy (non-hydrogen) atoms. The van der Waals surface area contributed by atoms with Crippen molar-refractivity contribution in [2.24, 2.45) is 0 Å². The number of phenolic OH excluding ortho intramolecular Hbond substituents is 1. The van der Waals surface area contributed by atoms with Crippen LogP contribution in [0, 0.1) is 0 Å². The lowest BCUT2D eigenvalue weighted by atomic mass is 9.98. The molecule has 1 nitrogen and oxygen atoms in total. The molecule has 0 saturated heterocycles. The lowest BCUT2D eigenvalue weighted by molar-refractivity contribution is 0.477. The lowest BCUT2D eigenvalue weighted by Gasteiger charge is -2.10. The number of hydrogen-bond acceptors (Lipinski definition) is 2. The maximum Gasteiger partial charge on any atom is 0.124 e. The summed E-state index contributed by atoms with van der Waals surface area (Å²) in [5.41, 5.74) is 3.11. The zero-order chi connectivity index (χ0) is 12.4. The number of rotatable bonds is 2. The molecule has 0 aliphatic carbocycles. The Morgan fingerprint density at radius 2 is 1.61 bits per heavy atom. The van der Waals surface area contributed by atoms with Crippen molar-refractivity contribution in [3.63, 3.8) is 0 Å². The van der Waals surface area contributed by atoms with Gasteiger partial charge >= 0.3 is 0 Å². The van der Waals surface area contributed by atoms with Crippen LogP contribution in [0.3, 0.4) is 0 Å². The van der Waals surface area contributed by atoms with E-state index < -0.39 is 0 Å². The van der Waals surface area contributed by atoms with E-state index in [2.05, 4.69) is 12.1 Å². The SMILES string of the molecule is Oc1cccc(-c2ccccc2)c1-c1cccs1. The van der Waals surface area contributed by atoms with Gasteiger partial charge in [0.1, 0.15) is 5.75 Å². The molecule has 0 aliphatic heterocycles. The van der Waals surface area contributed by atoms with Gasteiger partial charge in [0.25, 0.3) is 0 Å². The normalized spacial score (nSPS) is 10.4. The Kier molecular flexibility index (Phi) is 2.87. The highest BCUT2D eigenvalue weighted by atomic mass is 32.1. The van der Waals surface area contributed by atoms with E-state index >= 15 is 0 Å². The van der Waals surface area contributed by atoms with Crippen molar-refractivity contribution in [3.8, 4) is 27.3 Å². The molecule has 88 valence electrons. The fourth-order valence-electron chi connectivity index (χ4n) is 2.08. The highest BCUT2D eigenvalue weighted by Gasteiger charge is 2.12. The lowest BCUT2D eigenvalue weighted by Crippen LogP contribution is -1.83. The second-order valence-corrected chi connectivity index (χ2v) is 4.99. The molecule has 0 unspecified atom stereocenters. The third-order valence-corrected chi connectivity index (χ3v) is 3.78. The van der Waals surface area contributed by atoms with Crippen LogP contribution in [0.15, 0.2) is 66.0 Å². The van der Waals surface area contributed by atoms with Crippen LogP contribution in [0.1, 0.15) is 0 Å². The summed E-state index contributed by atoms with van der Waals surface area (Å²) < 4.78 is 0. The third-order valence-electron chi connectivity index (χ3n) is 2.89.